The van der Waals surface area contributed by atoms with E-state index in [1.165, 1.54) is 30.4 Å². The average molecular weight is 277 g/mol. The highest BCUT2D eigenvalue weighted by atomic mass is 16.6. The van der Waals surface area contributed by atoms with E-state index in [0.29, 0.717) is 25.9 Å². The summed E-state index contributed by atoms with van der Waals surface area (Å²) in [6.45, 7) is 3.02. The number of fused-ring (bicyclic) bond motifs is 1. The molecule has 20 heavy (non-hydrogen) atoms. The van der Waals surface area contributed by atoms with Crippen LogP contribution in [0.15, 0.2) is 12.1 Å². The molecule has 2 heterocycles. The van der Waals surface area contributed by atoms with Crippen molar-refractivity contribution in [1.29, 1.82) is 0 Å². The Labute approximate surface area is 120 Å². The van der Waals surface area contributed by atoms with E-state index in [0.717, 1.165) is 24.5 Å². The van der Waals surface area contributed by atoms with E-state index in [1.807, 2.05) is 6.07 Å². The lowest BCUT2D eigenvalue weighted by Crippen LogP contribution is -2.36. The molecule has 0 amide bonds. The second-order valence-electron chi connectivity index (χ2n) is 5.51. The van der Waals surface area contributed by atoms with Gasteiger partial charge in [0.1, 0.15) is 13.2 Å². The molecule has 1 fully saturated rings. The topological polar surface area (TPSA) is 39.7 Å². The average Bonchev–Trinajstić information content (AvgIpc) is 2.51. The molecule has 110 valence electrons. The van der Waals surface area contributed by atoms with Crippen LogP contribution in [0.3, 0.4) is 0 Å². The molecular formula is C16H23NO3. The maximum Gasteiger partial charge on any atom is 0.164 e. The van der Waals surface area contributed by atoms with Gasteiger partial charge >= 0.3 is 0 Å². The molecule has 0 radical (unpaired) electrons. The van der Waals surface area contributed by atoms with E-state index in [4.69, 9.17) is 14.2 Å². The van der Waals surface area contributed by atoms with Gasteiger partial charge in [0.2, 0.25) is 0 Å². The largest absolute Gasteiger partial charge is 0.486 e. The number of piperidine rings is 1. The highest BCUT2D eigenvalue weighted by molar-refractivity contribution is 5.51. The maximum absolute atomic E-state index is 5.87. The third-order valence-corrected chi connectivity index (χ3v) is 4.07. The molecule has 1 aromatic rings. The Morgan fingerprint density at radius 2 is 2.15 bits per heavy atom. The lowest BCUT2D eigenvalue weighted by atomic mass is 9.94. The van der Waals surface area contributed by atoms with Crippen molar-refractivity contribution >= 4 is 0 Å². The van der Waals surface area contributed by atoms with Gasteiger partial charge in [-0.1, -0.05) is 12.5 Å². The summed E-state index contributed by atoms with van der Waals surface area (Å²) in [4.78, 5) is 0. The summed E-state index contributed by atoms with van der Waals surface area (Å²) in [7, 11) is 1.74. The molecule has 1 N–H and O–H groups in total. The van der Waals surface area contributed by atoms with E-state index >= 15 is 0 Å². The highest BCUT2D eigenvalue weighted by Crippen LogP contribution is 2.37. The minimum atomic E-state index is 0.538. The standard InChI is InChI=1S/C16H23NO3/c1-18-11-12-5-6-15-16(20-9-8-19-15)14(12)10-13-4-2-3-7-17-13/h5-6,13,17H,2-4,7-11H2,1H3. The first-order chi connectivity index (χ1) is 9.88. The molecule has 1 aromatic carbocycles. The minimum absolute atomic E-state index is 0.538. The quantitative estimate of drug-likeness (QED) is 0.916. The Hall–Kier alpha value is -1.26. The summed E-state index contributed by atoms with van der Waals surface area (Å²) in [6, 6.07) is 4.65. The molecule has 1 saturated heterocycles. The SMILES string of the molecule is COCc1ccc2c(c1CC1CCCCN1)OCCO2. The Morgan fingerprint density at radius 1 is 1.25 bits per heavy atom. The second kappa shape index (κ2) is 6.46. The summed E-state index contributed by atoms with van der Waals surface area (Å²) in [5.74, 6) is 1.81. The summed E-state index contributed by atoms with van der Waals surface area (Å²) in [5, 5.41) is 3.61. The van der Waals surface area contributed by atoms with Crippen LogP contribution in [0, 0.1) is 0 Å². The van der Waals surface area contributed by atoms with Crippen LogP contribution in [0.1, 0.15) is 30.4 Å². The van der Waals surface area contributed by atoms with Crippen molar-refractivity contribution in [2.75, 3.05) is 26.9 Å². The molecule has 2 aliphatic heterocycles. The molecule has 0 spiro atoms. The Balaban J connectivity index is 1.88. The van der Waals surface area contributed by atoms with Gasteiger partial charge in [0.15, 0.2) is 11.5 Å². The number of ether oxygens (including phenoxy) is 3. The van der Waals surface area contributed by atoms with Crippen LogP contribution in [-0.2, 0) is 17.8 Å². The molecule has 3 rings (SSSR count). The van der Waals surface area contributed by atoms with Gasteiger partial charge in [0, 0.05) is 18.7 Å². The monoisotopic (exact) mass is 277 g/mol. The first-order valence-corrected chi connectivity index (χ1v) is 7.51. The van der Waals surface area contributed by atoms with Gasteiger partial charge < -0.3 is 19.5 Å². The van der Waals surface area contributed by atoms with Crippen molar-refractivity contribution in [3.8, 4) is 11.5 Å². The summed E-state index contributed by atoms with van der Waals surface area (Å²) < 4.78 is 16.9. The van der Waals surface area contributed by atoms with E-state index in [-0.39, 0.29) is 0 Å². The fraction of sp³-hybridized carbons (Fsp3) is 0.625. The fourth-order valence-electron chi connectivity index (χ4n) is 3.07. The van der Waals surface area contributed by atoms with E-state index in [2.05, 4.69) is 11.4 Å². The number of hydrogen-bond acceptors (Lipinski definition) is 4. The highest BCUT2D eigenvalue weighted by Gasteiger charge is 2.22. The lowest BCUT2D eigenvalue weighted by molar-refractivity contribution is 0.164. The van der Waals surface area contributed by atoms with Crippen molar-refractivity contribution in [3.63, 3.8) is 0 Å². The normalized spacial score (nSPS) is 21.8. The van der Waals surface area contributed by atoms with Crippen molar-refractivity contribution < 1.29 is 14.2 Å². The fourth-order valence-corrected chi connectivity index (χ4v) is 3.07. The van der Waals surface area contributed by atoms with E-state index in [9.17, 15) is 0 Å². The smallest absolute Gasteiger partial charge is 0.164 e. The zero-order chi connectivity index (χ0) is 13.8. The zero-order valence-corrected chi connectivity index (χ0v) is 12.1. The summed E-state index contributed by atoms with van der Waals surface area (Å²) >= 11 is 0. The van der Waals surface area contributed by atoms with Crippen molar-refractivity contribution in [1.82, 2.24) is 5.32 Å². The van der Waals surface area contributed by atoms with Crippen LogP contribution < -0.4 is 14.8 Å². The predicted octanol–water partition coefficient (Wildman–Crippen LogP) is 2.29. The predicted molar refractivity (Wildman–Crippen MR) is 77.5 cm³/mol. The maximum atomic E-state index is 5.87. The lowest BCUT2D eigenvalue weighted by Gasteiger charge is -2.28. The minimum Gasteiger partial charge on any atom is -0.486 e. The molecule has 1 atom stereocenters. The number of nitrogens with one attached hydrogen (secondary N) is 1. The van der Waals surface area contributed by atoms with Crippen molar-refractivity contribution in [2.45, 2.75) is 38.3 Å². The number of rotatable bonds is 4. The van der Waals surface area contributed by atoms with Crippen LogP contribution in [0.4, 0.5) is 0 Å². The Morgan fingerprint density at radius 3 is 2.95 bits per heavy atom. The molecule has 0 aliphatic carbocycles. The van der Waals surface area contributed by atoms with Crippen LogP contribution in [-0.4, -0.2) is 32.9 Å². The second-order valence-corrected chi connectivity index (χ2v) is 5.51. The van der Waals surface area contributed by atoms with Crippen molar-refractivity contribution in [3.05, 3.63) is 23.3 Å². The zero-order valence-electron chi connectivity index (χ0n) is 12.1. The van der Waals surface area contributed by atoms with Gasteiger partial charge in [0.05, 0.1) is 6.61 Å². The first kappa shape index (κ1) is 13.7. The van der Waals surface area contributed by atoms with Crippen LogP contribution in [0.25, 0.3) is 0 Å². The van der Waals surface area contributed by atoms with Crippen molar-refractivity contribution in [2.24, 2.45) is 0 Å². The third-order valence-electron chi connectivity index (χ3n) is 4.07. The van der Waals surface area contributed by atoms with Gasteiger partial charge in [-0.3, -0.25) is 0 Å². The summed E-state index contributed by atoms with van der Waals surface area (Å²) in [5.41, 5.74) is 2.47. The van der Waals surface area contributed by atoms with Gasteiger partial charge in [0.25, 0.3) is 0 Å². The Bertz CT molecular complexity index is 455. The molecule has 4 heteroatoms. The molecule has 0 bridgehead atoms. The summed E-state index contributed by atoms with van der Waals surface area (Å²) in [6.07, 6.45) is 4.82. The first-order valence-electron chi connectivity index (χ1n) is 7.51. The molecule has 0 aromatic heterocycles. The van der Waals surface area contributed by atoms with Crippen LogP contribution in [0.2, 0.25) is 0 Å². The number of hydrogen-bond donors (Lipinski definition) is 1. The molecule has 1 unspecified atom stereocenters. The Kier molecular flexibility index (Phi) is 4.43. The van der Waals surface area contributed by atoms with Crippen LogP contribution in [0.5, 0.6) is 11.5 Å². The number of methoxy groups -OCH3 is 1. The van der Waals surface area contributed by atoms with Gasteiger partial charge in [-0.2, -0.15) is 0 Å². The molecule has 0 saturated carbocycles. The molecule has 2 aliphatic rings. The van der Waals surface area contributed by atoms with Crippen LogP contribution >= 0.6 is 0 Å². The van der Waals surface area contributed by atoms with E-state index in [1.54, 1.807) is 7.11 Å². The van der Waals surface area contributed by atoms with Gasteiger partial charge in [-0.05, 0) is 37.4 Å². The number of benzene rings is 1. The third kappa shape index (κ3) is 2.91. The van der Waals surface area contributed by atoms with E-state index < -0.39 is 0 Å². The molecule has 4 nitrogen and oxygen atoms in total. The van der Waals surface area contributed by atoms with Gasteiger partial charge in [-0.25, -0.2) is 0 Å². The molecular weight excluding hydrogens is 254 g/mol. The van der Waals surface area contributed by atoms with Gasteiger partial charge in [-0.15, -0.1) is 0 Å².